The standard InChI is InChI=1S/C6H10N3O2PS/c1-9(11-2)5(10)3-4(7)8-6(12)13-3/h7,12H2,1-2H3. The molecule has 0 bridgehead atoms. The first-order valence-corrected chi connectivity index (χ1v) is 4.79. The highest BCUT2D eigenvalue weighted by Crippen LogP contribution is 2.17. The number of hydroxylamine groups is 2. The minimum Gasteiger partial charge on any atom is -0.382 e. The van der Waals surface area contributed by atoms with Crippen LogP contribution < -0.4 is 10.5 Å². The van der Waals surface area contributed by atoms with Crippen LogP contribution in [0.15, 0.2) is 0 Å². The molecule has 1 rings (SSSR count). The van der Waals surface area contributed by atoms with E-state index in [1.807, 2.05) is 0 Å². The average Bonchev–Trinajstić information content (AvgIpc) is 2.42. The topological polar surface area (TPSA) is 68.5 Å². The second kappa shape index (κ2) is 4.00. The van der Waals surface area contributed by atoms with Crippen molar-refractivity contribution in [2.24, 2.45) is 0 Å². The number of carbonyl (C=O) groups excluding carboxylic acids is 1. The van der Waals surface area contributed by atoms with Crippen molar-refractivity contribution in [3.8, 4) is 0 Å². The third-order valence-electron chi connectivity index (χ3n) is 1.42. The SMILES string of the molecule is CON(C)C(=O)c1sc(P)nc1N. The summed E-state index contributed by atoms with van der Waals surface area (Å²) in [5, 5.41) is 1.11. The second-order valence-electron chi connectivity index (χ2n) is 2.25. The Morgan fingerprint density at radius 3 is 2.77 bits per heavy atom. The lowest BCUT2D eigenvalue weighted by Gasteiger charge is -2.11. The van der Waals surface area contributed by atoms with Crippen molar-refractivity contribution >= 4 is 37.1 Å². The van der Waals surface area contributed by atoms with Gasteiger partial charge in [-0.3, -0.25) is 9.63 Å². The minimum atomic E-state index is -0.286. The summed E-state index contributed by atoms with van der Waals surface area (Å²) in [6, 6.07) is 0. The number of nitrogen functional groups attached to an aromatic ring is 1. The van der Waals surface area contributed by atoms with E-state index in [4.69, 9.17) is 10.6 Å². The van der Waals surface area contributed by atoms with E-state index in [-0.39, 0.29) is 11.7 Å². The van der Waals surface area contributed by atoms with Gasteiger partial charge in [0.1, 0.15) is 15.4 Å². The Hall–Kier alpha value is -0.710. The molecular weight excluding hydrogens is 209 g/mol. The number of hydrogen-bond donors (Lipinski definition) is 1. The second-order valence-corrected chi connectivity index (χ2v) is 4.25. The van der Waals surface area contributed by atoms with Crippen LogP contribution in [0.5, 0.6) is 0 Å². The Balaban J connectivity index is 2.94. The van der Waals surface area contributed by atoms with Gasteiger partial charge in [-0.05, 0) is 0 Å². The van der Waals surface area contributed by atoms with Crippen molar-refractivity contribution in [3.63, 3.8) is 0 Å². The van der Waals surface area contributed by atoms with E-state index in [0.717, 1.165) is 5.06 Å². The molecule has 1 heterocycles. The van der Waals surface area contributed by atoms with E-state index in [9.17, 15) is 4.79 Å². The summed E-state index contributed by atoms with van der Waals surface area (Å²) in [4.78, 5) is 20.5. The number of thiazole rings is 1. The van der Waals surface area contributed by atoms with Crippen LogP contribution in [0.4, 0.5) is 5.82 Å². The molecule has 0 radical (unpaired) electrons. The van der Waals surface area contributed by atoms with Gasteiger partial charge in [-0.25, -0.2) is 10.0 Å². The smallest absolute Gasteiger partial charge is 0.291 e. The maximum absolute atomic E-state index is 11.5. The normalized spacial score (nSPS) is 10.1. The predicted octanol–water partition coefficient (Wildman–Crippen LogP) is -0.141. The van der Waals surface area contributed by atoms with Crippen LogP contribution in [0.3, 0.4) is 0 Å². The highest BCUT2D eigenvalue weighted by molar-refractivity contribution is 7.43. The summed E-state index contributed by atoms with van der Waals surface area (Å²) in [6.45, 7) is 0. The molecule has 13 heavy (non-hydrogen) atoms. The fraction of sp³-hybridized carbons (Fsp3) is 0.333. The van der Waals surface area contributed by atoms with Gasteiger partial charge in [-0.2, -0.15) is 0 Å². The van der Waals surface area contributed by atoms with E-state index in [1.54, 1.807) is 0 Å². The molecule has 0 spiro atoms. The van der Waals surface area contributed by atoms with Crippen LogP contribution in [-0.4, -0.2) is 30.1 Å². The first kappa shape index (κ1) is 10.4. The number of nitrogens with two attached hydrogens (primary N) is 1. The quantitative estimate of drug-likeness (QED) is 0.555. The van der Waals surface area contributed by atoms with Crippen molar-refractivity contribution in [2.75, 3.05) is 19.9 Å². The maximum atomic E-state index is 11.5. The molecule has 0 saturated heterocycles. The molecule has 1 amide bonds. The lowest BCUT2D eigenvalue weighted by molar-refractivity contribution is -0.0753. The number of aromatic nitrogens is 1. The Bertz CT molecular complexity index is 328. The number of anilines is 1. The van der Waals surface area contributed by atoms with E-state index < -0.39 is 0 Å². The third-order valence-corrected chi connectivity index (χ3v) is 2.79. The van der Waals surface area contributed by atoms with Crippen molar-refractivity contribution in [2.45, 2.75) is 0 Å². The molecule has 0 saturated carbocycles. The van der Waals surface area contributed by atoms with E-state index >= 15 is 0 Å². The molecule has 5 nitrogen and oxygen atoms in total. The minimum absolute atomic E-state index is 0.240. The Labute approximate surface area is 82.0 Å². The summed E-state index contributed by atoms with van der Waals surface area (Å²) in [7, 11) is 5.32. The molecule has 7 heteroatoms. The first-order chi connectivity index (χ1) is 6.06. The van der Waals surface area contributed by atoms with Gasteiger partial charge >= 0.3 is 0 Å². The van der Waals surface area contributed by atoms with Gasteiger partial charge in [0.15, 0.2) is 0 Å². The average molecular weight is 219 g/mol. The monoisotopic (exact) mass is 219 g/mol. The molecular formula is C6H10N3O2PS. The fourth-order valence-electron chi connectivity index (χ4n) is 0.728. The summed E-state index contributed by atoms with van der Waals surface area (Å²) >= 11 is 1.22. The van der Waals surface area contributed by atoms with Crippen molar-refractivity contribution < 1.29 is 9.63 Å². The highest BCUT2D eigenvalue weighted by atomic mass is 32.1. The molecule has 0 fully saturated rings. The van der Waals surface area contributed by atoms with Gasteiger partial charge in [-0.1, -0.05) is 9.24 Å². The molecule has 72 valence electrons. The molecule has 0 aliphatic rings. The number of nitrogens with zero attached hydrogens (tertiary/aromatic N) is 2. The Kier molecular flexibility index (Phi) is 3.19. The van der Waals surface area contributed by atoms with E-state index in [1.165, 1.54) is 25.5 Å². The Morgan fingerprint density at radius 1 is 1.77 bits per heavy atom. The van der Waals surface area contributed by atoms with Crippen LogP contribution in [0.1, 0.15) is 9.67 Å². The summed E-state index contributed by atoms with van der Waals surface area (Å²) in [5.74, 6) is -0.0462. The van der Waals surface area contributed by atoms with Gasteiger partial charge in [0.2, 0.25) is 0 Å². The van der Waals surface area contributed by atoms with Crippen molar-refractivity contribution in [1.29, 1.82) is 0 Å². The molecule has 0 aliphatic carbocycles. The lowest BCUT2D eigenvalue weighted by Crippen LogP contribution is -2.25. The molecule has 1 atom stereocenters. The molecule has 0 aliphatic heterocycles. The maximum Gasteiger partial charge on any atom is 0.291 e. The summed E-state index contributed by atoms with van der Waals surface area (Å²) in [5.41, 5.74) is 5.52. The number of rotatable bonds is 2. The number of carbonyl (C=O) groups is 1. The molecule has 2 N–H and O–H groups in total. The summed E-state index contributed by atoms with van der Waals surface area (Å²) < 4.78 is 0.686. The Morgan fingerprint density at radius 2 is 2.38 bits per heavy atom. The molecule has 1 aromatic rings. The number of hydrogen-bond acceptors (Lipinski definition) is 5. The van der Waals surface area contributed by atoms with Crippen molar-refractivity contribution in [1.82, 2.24) is 10.0 Å². The van der Waals surface area contributed by atoms with Gasteiger partial charge in [-0.15, -0.1) is 11.3 Å². The van der Waals surface area contributed by atoms with Crippen LogP contribution >= 0.6 is 20.6 Å². The summed E-state index contributed by atoms with van der Waals surface area (Å²) in [6.07, 6.45) is 0. The van der Waals surface area contributed by atoms with Gasteiger partial charge in [0.05, 0.1) is 7.11 Å². The first-order valence-electron chi connectivity index (χ1n) is 3.40. The third kappa shape index (κ3) is 2.15. The van der Waals surface area contributed by atoms with E-state index in [2.05, 4.69) is 14.2 Å². The van der Waals surface area contributed by atoms with Crippen LogP contribution in [0.2, 0.25) is 0 Å². The van der Waals surface area contributed by atoms with Crippen molar-refractivity contribution in [3.05, 3.63) is 4.88 Å². The predicted molar refractivity (Wildman–Crippen MR) is 55.0 cm³/mol. The van der Waals surface area contributed by atoms with Crippen LogP contribution in [0, 0.1) is 0 Å². The van der Waals surface area contributed by atoms with Gasteiger partial charge in [0, 0.05) is 7.05 Å². The fourth-order valence-corrected chi connectivity index (χ4v) is 1.94. The zero-order chi connectivity index (χ0) is 10.0. The highest BCUT2D eigenvalue weighted by Gasteiger charge is 2.18. The number of amides is 1. The van der Waals surface area contributed by atoms with Crippen LogP contribution in [-0.2, 0) is 4.84 Å². The van der Waals surface area contributed by atoms with E-state index in [0.29, 0.717) is 9.63 Å². The molecule has 0 aromatic carbocycles. The van der Waals surface area contributed by atoms with Crippen LogP contribution in [0.25, 0.3) is 0 Å². The van der Waals surface area contributed by atoms with Gasteiger partial charge in [0.25, 0.3) is 5.91 Å². The zero-order valence-electron chi connectivity index (χ0n) is 7.27. The van der Waals surface area contributed by atoms with Gasteiger partial charge < -0.3 is 5.73 Å². The largest absolute Gasteiger partial charge is 0.382 e. The lowest BCUT2D eigenvalue weighted by atomic mass is 10.5. The zero-order valence-corrected chi connectivity index (χ0v) is 9.25. The molecule has 1 unspecified atom stereocenters. The molecule has 1 aromatic heterocycles.